The van der Waals surface area contributed by atoms with Gasteiger partial charge in [-0.25, -0.2) is 4.68 Å². The van der Waals surface area contributed by atoms with Crippen LogP contribution in [-0.2, 0) is 7.05 Å². The Morgan fingerprint density at radius 1 is 1.58 bits per heavy atom. The van der Waals surface area contributed by atoms with Crippen LogP contribution < -0.4 is 11.1 Å². The quantitative estimate of drug-likeness (QED) is 0.723. The summed E-state index contributed by atoms with van der Waals surface area (Å²) in [6.07, 6.45) is 4.41. The van der Waals surface area contributed by atoms with Gasteiger partial charge in [0.15, 0.2) is 0 Å². The van der Waals surface area contributed by atoms with E-state index in [1.54, 1.807) is 13.1 Å². The van der Waals surface area contributed by atoms with Crippen molar-refractivity contribution < 1.29 is 4.79 Å². The molecule has 7 nitrogen and oxygen atoms in total. The second-order valence-corrected chi connectivity index (χ2v) is 3.59. The lowest BCUT2D eigenvalue weighted by molar-refractivity contribution is 0.102. The second kappa shape index (κ2) is 5.75. The van der Waals surface area contributed by atoms with Crippen LogP contribution in [0.15, 0.2) is 24.8 Å². The molecule has 0 saturated carbocycles. The lowest BCUT2D eigenvalue weighted by Gasteiger charge is -2.05. The molecule has 0 radical (unpaired) electrons. The maximum absolute atomic E-state index is 12.1. The van der Waals surface area contributed by atoms with Crippen molar-refractivity contribution >= 4 is 11.9 Å². The Hall–Kier alpha value is -2.72. The third kappa shape index (κ3) is 2.94. The number of pyridine rings is 1. The van der Waals surface area contributed by atoms with Crippen LogP contribution in [0, 0.1) is 11.8 Å². The number of hydrogen-bond donors (Lipinski definition) is 2. The average Bonchev–Trinajstić information content (AvgIpc) is 2.82. The molecule has 0 aliphatic carbocycles. The van der Waals surface area contributed by atoms with Crippen molar-refractivity contribution in [3.63, 3.8) is 0 Å². The summed E-state index contributed by atoms with van der Waals surface area (Å²) >= 11 is 0. The number of carbonyl (C=O) groups is 1. The molecule has 0 aromatic carbocycles. The number of amides is 1. The van der Waals surface area contributed by atoms with Crippen molar-refractivity contribution in [3.8, 4) is 11.8 Å². The standard InChI is InChI=1S/C12H12N6O/c1-18-12(15-8-16-18)17-11(19)10-4-6-14-7-9(10)3-2-5-13/h4,6-8H,5,13H2,1H3,(H,15,16,17,19). The Labute approximate surface area is 109 Å². The third-order valence-electron chi connectivity index (χ3n) is 2.33. The predicted octanol–water partition coefficient (Wildman–Crippen LogP) is -0.227. The molecule has 0 unspecified atom stereocenters. The van der Waals surface area contributed by atoms with Gasteiger partial charge in [0.2, 0.25) is 5.95 Å². The Morgan fingerprint density at radius 3 is 3.11 bits per heavy atom. The molecule has 0 aliphatic heterocycles. The first-order valence-electron chi connectivity index (χ1n) is 5.50. The SMILES string of the molecule is Cn1ncnc1NC(=O)c1ccncc1C#CCN. The molecule has 19 heavy (non-hydrogen) atoms. The summed E-state index contributed by atoms with van der Waals surface area (Å²) in [7, 11) is 1.68. The number of aryl methyl sites for hydroxylation is 1. The first-order valence-corrected chi connectivity index (χ1v) is 5.50. The molecule has 0 bridgehead atoms. The molecule has 1 amide bonds. The molecule has 0 atom stereocenters. The van der Waals surface area contributed by atoms with E-state index in [0.29, 0.717) is 17.1 Å². The normalized spacial score (nSPS) is 9.58. The first kappa shape index (κ1) is 12.7. The van der Waals surface area contributed by atoms with Gasteiger partial charge in [-0.15, -0.1) is 0 Å². The van der Waals surface area contributed by atoms with Gasteiger partial charge in [0.25, 0.3) is 5.91 Å². The number of rotatable bonds is 2. The third-order valence-corrected chi connectivity index (χ3v) is 2.33. The van der Waals surface area contributed by atoms with Crippen LogP contribution in [0.2, 0.25) is 0 Å². The molecule has 0 spiro atoms. The van der Waals surface area contributed by atoms with Crippen LogP contribution in [0.25, 0.3) is 0 Å². The molecule has 0 aliphatic rings. The number of hydrogen-bond acceptors (Lipinski definition) is 5. The lowest BCUT2D eigenvalue weighted by atomic mass is 10.1. The minimum atomic E-state index is -0.320. The number of nitrogens with two attached hydrogens (primary N) is 1. The summed E-state index contributed by atoms with van der Waals surface area (Å²) in [5.74, 6) is 5.54. The van der Waals surface area contributed by atoms with Crippen molar-refractivity contribution in [2.45, 2.75) is 0 Å². The van der Waals surface area contributed by atoms with Gasteiger partial charge in [0.1, 0.15) is 6.33 Å². The lowest BCUT2D eigenvalue weighted by Crippen LogP contribution is -2.16. The van der Waals surface area contributed by atoms with Crippen molar-refractivity contribution in [2.24, 2.45) is 12.8 Å². The fourth-order valence-corrected chi connectivity index (χ4v) is 1.42. The maximum atomic E-state index is 12.1. The molecule has 2 aromatic heterocycles. The maximum Gasteiger partial charge on any atom is 0.259 e. The minimum Gasteiger partial charge on any atom is -0.320 e. The number of nitrogens with one attached hydrogen (secondary N) is 1. The van der Waals surface area contributed by atoms with Gasteiger partial charge in [-0.3, -0.25) is 15.1 Å². The highest BCUT2D eigenvalue weighted by Crippen LogP contribution is 2.08. The van der Waals surface area contributed by atoms with Gasteiger partial charge in [-0.2, -0.15) is 10.1 Å². The van der Waals surface area contributed by atoms with Crippen molar-refractivity contribution in [1.29, 1.82) is 0 Å². The summed E-state index contributed by atoms with van der Waals surface area (Å²) in [6, 6.07) is 1.59. The Morgan fingerprint density at radius 2 is 2.42 bits per heavy atom. The Kier molecular flexibility index (Phi) is 3.85. The highest BCUT2D eigenvalue weighted by Gasteiger charge is 2.12. The van der Waals surface area contributed by atoms with E-state index in [4.69, 9.17) is 5.73 Å². The summed E-state index contributed by atoms with van der Waals surface area (Å²) in [5, 5.41) is 6.52. The number of carbonyl (C=O) groups excluding carboxylic acids is 1. The van der Waals surface area contributed by atoms with Crippen LogP contribution in [0.3, 0.4) is 0 Å². The van der Waals surface area contributed by atoms with E-state index in [0.717, 1.165) is 0 Å². The zero-order chi connectivity index (χ0) is 13.7. The molecule has 0 fully saturated rings. The smallest absolute Gasteiger partial charge is 0.259 e. The number of nitrogens with zero attached hydrogens (tertiary/aromatic N) is 4. The van der Waals surface area contributed by atoms with E-state index in [1.165, 1.54) is 23.4 Å². The van der Waals surface area contributed by atoms with Crippen LogP contribution in [0.1, 0.15) is 15.9 Å². The van der Waals surface area contributed by atoms with Gasteiger partial charge < -0.3 is 5.73 Å². The summed E-state index contributed by atoms with van der Waals surface area (Å²) in [4.78, 5) is 20.0. The molecule has 3 N–H and O–H groups in total. The van der Waals surface area contributed by atoms with Crippen LogP contribution >= 0.6 is 0 Å². The van der Waals surface area contributed by atoms with E-state index in [-0.39, 0.29) is 12.5 Å². The van der Waals surface area contributed by atoms with Crippen molar-refractivity contribution in [2.75, 3.05) is 11.9 Å². The summed E-state index contributed by atoms with van der Waals surface area (Å²) in [5.41, 5.74) is 6.25. The second-order valence-electron chi connectivity index (χ2n) is 3.59. The van der Waals surface area contributed by atoms with Crippen molar-refractivity contribution in [3.05, 3.63) is 35.9 Å². The molecule has 7 heteroatoms. The van der Waals surface area contributed by atoms with Crippen LogP contribution in [-0.4, -0.2) is 32.2 Å². The topological polar surface area (TPSA) is 98.7 Å². The highest BCUT2D eigenvalue weighted by atomic mass is 16.1. The summed E-state index contributed by atoms with van der Waals surface area (Å²) < 4.78 is 1.46. The van der Waals surface area contributed by atoms with Gasteiger partial charge in [-0.1, -0.05) is 11.8 Å². The summed E-state index contributed by atoms with van der Waals surface area (Å²) in [6.45, 7) is 0.221. The Bertz CT molecular complexity index is 651. The largest absolute Gasteiger partial charge is 0.320 e. The molecular formula is C12H12N6O. The van der Waals surface area contributed by atoms with E-state index in [2.05, 4.69) is 32.2 Å². The fourth-order valence-electron chi connectivity index (χ4n) is 1.42. The monoisotopic (exact) mass is 256 g/mol. The van der Waals surface area contributed by atoms with E-state index < -0.39 is 0 Å². The fraction of sp³-hybridized carbons (Fsp3) is 0.167. The van der Waals surface area contributed by atoms with E-state index in [9.17, 15) is 4.79 Å². The first-order chi connectivity index (χ1) is 9.22. The molecular weight excluding hydrogens is 244 g/mol. The van der Waals surface area contributed by atoms with Crippen LogP contribution in [0.5, 0.6) is 0 Å². The predicted molar refractivity (Wildman–Crippen MR) is 69.1 cm³/mol. The number of anilines is 1. The van der Waals surface area contributed by atoms with E-state index in [1.807, 2.05) is 0 Å². The van der Waals surface area contributed by atoms with Crippen molar-refractivity contribution in [1.82, 2.24) is 19.7 Å². The van der Waals surface area contributed by atoms with Gasteiger partial charge in [0, 0.05) is 19.4 Å². The van der Waals surface area contributed by atoms with E-state index >= 15 is 0 Å². The zero-order valence-corrected chi connectivity index (χ0v) is 10.3. The minimum absolute atomic E-state index is 0.221. The highest BCUT2D eigenvalue weighted by molar-refractivity contribution is 6.05. The molecule has 2 aromatic rings. The number of aromatic nitrogens is 4. The van der Waals surface area contributed by atoms with Gasteiger partial charge in [-0.05, 0) is 6.07 Å². The molecule has 96 valence electrons. The zero-order valence-electron chi connectivity index (χ0n) is 10.3. The Balaban J connectivity index is 2.26. The average molecular weight is 256 g/mol. The molecule has 2 heterocycles. The molecule has 0 saturated heterocycles. The van der Waals surface area contributed by atoms with Crippen LogP contribution in [0.4, 0.5) is 5.95 Å². The molecule has 2 rings (SSSR count). The van der Waals surface area contributed by atoms with Gasteiger partial charge >= 0.3 is 0 Å². The van der Waals surface area contributed by atoms with Gasteiger partial charge in [0.05, 0.1) is 17.7 Å².